The number of hydrogen-bond donors (Lipinski definition) is 1. The highest BCUT2D eigenvalue weighted by Crippen LogP contribution is 2.15. The Morgan fingerprint density at radius 1 is 1.67 bits per heavy atom. The van der Waals surface area contributed by atoms with Crippen LogP contribution in [0.3, 0.4) is 0 Å². The van der Waals surface area contributed by atoms with Crippen molar-refractivity contribution in [2.75, 3.05) is 13.2 Å². The molecule has 0 saturated carbocycles. The summed E-state index contributed by atoms with van der Waals surface area (Å²) in [5, 5.41) is 0.544. The van der Waals surface area contributed by atoms with E-state index in [1.54, 1.807) is 6.20 Å². The summed E-state index contributed by atoms with van der Waals surface area (Å²) in [5.41, 5.74) is 0.622. The van der Waals surface area contributed by atoms with Gasteiger partial charge >= 0.3 is 0 Å². The highest BCUT2D eigenvalue weighted by molar-refractivity contribution is 9.08. The molecule has 0 bridgehead atoms. The topological polar surface area (TPSA) is 55.0 Å². The van der Waals surface area contributed by atoms with E-state index in [1.807, 2.05) is 0 Å². The van der Waals surface area contributed by atoms with E-state index in [-0.39, 0.29) is 5.56 Å². The van der Waals surface area contributed by atoms with Crippen LogP contribution in [-0.4, -0.2) is 23.2 Å². The molecule has 2 rings (SSSR count). The minimum atomic E-state index is -0.0456. The Hall–Kier alpha value is -0.680. The number of nitrogens with one attached hydrogen (secondary N) is 1. The van der Waals surface area contributed by atoms with Crippen molar-refractivity contribution in [3.8, 4) is 0 Å². The lowest BCUT2D eigenvalue weighted by Gasteiger charge is -2.06. The van der Waals surface area contributed by atoms with Crippen LogP contribution in [0.4, 0.5) is 0 Å². The zero-order valence-corrected chi connectivity index (χ0v) is 9.92. The molecule has 1 aliphatic heterocycles. The predicted octanol–water partition coefficient (Wildman–Crippen LogP) is 1.24. The minimum Gasteiger partial charge on any atom is -0.381 e. The normalized spacial score (nSPS) is 20.7. The number of aromatic amines is 1. The molecule has 1 unspecified atom stereocenters. The van der Waals surface area contributed by atoms with Gasteiger partial charge in [-0.2, -0.15) is 0 Å². The van der Waals surface area contributed by atoms with Gasteiger partial charge in [0.2, 0.25) is 0 Å². The number of halogens is 1. The number of hydrogen-bond acceptors (Lipinski definition) is 3. The smallest absolute Gasteiger partial charge is 0.254 e. The van der Waals surface area contributed by atoms with Crippen LogP contribution in [0.1, 0.15) is 17.8 Å². The Kier molecular flexibility index (Phi) is 3.53. The lowest BCUT2D eigenvalue weighted by atomic mass is 10.1. The Morgan fingerprint density at radius 2 is 2.53 bits per heavy atom. The van der Waals surface area contributed by atoms with E-state index in [9.17, 15) is 4.79 Å². The van der Waals surface area contributed by atoms with Gasteiger partial charge in [-0.25, -0.2) is 4.98 Å². The van der Waals surface area contributed by atoms with Crippen LogP contribution in [0.2, 0.25) is 0 Å². The van der Waals surface area contributed by atoms with Gasteiger partial charge in [-0.15, -0.1) is 0 Å². The average Bonchev–Trinajstić information content (AvgIpc) is 2.71. The number of aromatic nitrogens is 2. The fourth-order valence-electron chi connectivity index (χ4n) is 1.67. The second-order valence-electron chi connectivity index (χ2n) is 3.75. The predicted molar refractivity (Wildman–Crippen MR) is 60.1 cm³/mol. The van der Waals surface area contributed by atoms with Gasteiger partial charge in [0.15, 0.2) is 0 Å². The molecule has 0 aliphatic carbocycles. The van der Waals surface area contributed by atoms with Crippen LogP contribution in [0.15, 0.2) is 11.0 Å². The summed E-state index contributed by atoms with van der Waals surface area (Å²) in [6, 6.07) is 0. The Bertz CT molecular complexity index is 385. The first-order valence-corrected chi connectivity index (χ1v) is 6.12. The van der Waals surface area contributed by atoms with Crippen LogP contribution in [0, 0.1) is 5.92 Å². The maximum absolute atomic E-state index is 11.5. The molecule has 0 amide bonds. The molecule has 5 heteroatoms. The summed E-state index contributed by atoms with van der Waals surface area (Å²) < 4.78 is 5.28. The summed E-state index contributed by atoms with van der Waals surface area (Å²) in [5.74, 6) is 1.27. The highest BCUT2D eigenvalue weighted by Gasteiger charge is 2.17. The second-order valence-corrected chi connectivity index (χ2v) is 4.31. The molecular formula is C10H13BrN2O2. The van der Waals surface area contributed by atoms with E-state index in [4.69, 9.17) is 4.74 Å². The fourth-order valence-corrected chi connectivity index (χ4v) is 2.07. The average molecular weight is 273 g/mol. The molecule has 1 aliphatic rings. The number of ether oxygens (including phenoxy) is 1. The maximum atomic E-state index is 11.5. The standard InChI is InChI=1S/C10H13BrN2O2/c11-4-8-5-12-9(13-10(8)14)3-7-1-2-15-6-7/h5,7H,1-4,6H2,(H,12,13,14). The fraction of sp³-hybridized carbons (Fsp3) is 0.600. The third kappa shape index (κ3) is 2.66. The van der Waals surface area contributed by atoms with Gasteiger partial charge in [-0.05, 0) is 12.3 Å². The monoisotopic (exact) mass is 272 g/mol. The van der Waals surface area contributed by atoms with Gasteiger partial charge < -0.3 is 9.72 Å². The zero-order valence-electron chi connectivity index (χ0n) is 8.33. The molecule has 15 heavy (non-hydrogen) atoms. The summed E-state index contributed by atoms with van der Waals surface area (Å²) in [7, 11) is 0. The van der Waals surface area contributed by atoms with Gasteiger partial charge in [0.25, 0.3) is 5.56 Å². The van der Waals surface area contributed by atoms with E-state index in [0.29, 0.717) is 16.8 Å². The molecule has 1 N–H and O–H groups in total. The lowest BCUT2D eigenvalue weighted by molar-refractivity contribution is 0.185. The summed E-state index contributed by atoms with van der Waals surface area (Å²) in [4.78, 5) is 18.5. The van der Waals surface area contributed by atoms with Gasteiger partial charge in [-0.3, -0.25) is 4.79 Å². The van der Waals surface area contributed by atoms with Crippen molar-refractivity contribution in [1.82, 2.24) is 9.97 Å². The van der Waals surface area contributed by atoms with Crippen LogP contribution in [-0.2, 0) is 16.5 Å². The lowest BCUT2D eigenvalue weighted by Crippen LogP contribution is -2.17. The minimum absolute atomic E-state index is 0.0456. The Labute approximate surface area is 96.2 Å². The number of nitrogens with zero attached hydrogens (tertiary/aromatic N) is 1. The summed E-state index contributed by atoms with van der Waals surface area (Å²) in [6.45, 7) is 1.61. The van der Waals surface area contributed by atoms with Crippen molar-refractivity contribution >= 4 is 15.9 Å². The van der Waals surface area contributed by atoms with Crippen molar-refractivity contribution in [2.24, 2.45) is 5.92 Å². The first kappa shape index (κ1) is 10.8. The third-order valence-electron chi connectivity index (χ3n) is 2.58. The van der Waals surface area contributed by atoms with E-state index < -0.39 is 0 Å². The SMILES string of the molecule is O=c1[nH]c(CC2CCOC2)ncc1CBr. The van der Waals surface area contributed by atoms with E-state index >= 15 is 0 Å². The van der Waals surface area contributed by atoms with Gasteiger partial charge in [0, 0.05) is 36.7 Å². The van der Waals surface area contributed by atoms with Crippen LogP contribution in [0.5, 0.6) is 0 Å². The number of rotatable bonds is 3. The molecule has 0 aromatic carbocycles. The van der Waals surface area contributed by atoms with Gasteiger partial charge in [0.05, 0.1) is 0 Å². The summed E-state index contributed by atoms with van der Waals surface area (Å²) in [6.07, 6.45) is 3.50. The van der Waals surface area contributed by atoms with Crippen molar-refractivity contribution in [1.29, 1.82) is 0 Å². The molecule has 1 aromatic rings. The first-order chi connectivity index (χ1) is 7.29. The molecule has 1 atom stereocenters. The Balaban J connectivity index is 2.08. The van der Waals surface area contributed by atoms with E-state index in [1.165, 1.54) is 0 Å². The maximum Gasteiger partial charge on any atom is 0.254 e. The molecule has 4 nitrogen and oxygen atoms in total. The molecule has 82 valence electrons. The van der Waals surface area contributed by atoms with E-state index in [2.05, 4.69) is 25.9 Å². The van der Waals surface area contributed by atoms with Crippen LogP contribution < -0.4 is 5.56 Å². The van der Waals surface area contributed by atoms with Crippen molar-refractivity contribution in [2.45, 2.75) is 18.2 Å². The molecular weight excluding hydrogens is 260 g/mol. The Morgan fingerprint density at radius 3 is 3.13 bits per heavy atom. The largest absolute Gasteiger partial charge is 0.381 e. The van der Waals surface area contributed by atoms with Crippen LogP contribution in [0.25, 0.3) is 0 Å². The molecule has 1 aromatic heterocycles. The third-order valence-corrected chi connectivity index (χ3v) is 3.18. The first-order valence-electron chi connectivity index (χ1n) is 5.00. The van der Waals surface area contributed by atoms with Crippen molar-refractivity contribution < 1.29 is 4.74 Å². The van der Waals surface area contributed by atoms with Crippen molar-refractivity contribution in [3.05, 3.63) is 27.9 Å². The number of H-pyrrole nitrogens is 1. The quantitative estimate of drug-likeness (QED) is 0.843. The highest BCUT2D eigenvalue weighted by atomic mass is 79.9. The van der Waals surface area contributed by atoms with Crippen LogP contribution >= 0.6 is 15.9 Å². The molecule has 1 saturated heterocycles. The molecule has 0 radical (unpaired) electrons. The summed E-state index contributed by atoms with van der Waals surface area (Å²) >= 11 is 3.24. The van der Waals surface area contributed by atoms with Gasteiger partial charge in [0.1, 0.15) is 5.82 Å². The van der Waals surface area contributed by atoms with E-state index in [0.717, 1.165) is 31.9 Å². The second kappa shape index (κ2) is 4.90. The zero-order chi connectivity index (χ0) is 10.7. The molecule has 0 spiro atoms. The number of alkyl halides is 1. The molecule has 2 heterocycles. The van der Waals surface area contributed by atoms with Crippen molar-refractivity contribution in [3.63, 3.8) is 0 Å². The molecule has 1 fully saturated rings. The van der Waals surface area contributed by atoms with Gasteiger partial charge in [-0.1, -0.05) is 15.9 Å².